The Bertz CT molecular complexity index is 265. The molecule has 0 aliphatic heterocycles. The van der Waals surface area contributed by atoms with Crippen molar-refractivity contribution >= 4 is 0 Å². The van der Waals surface area contributed by atoms with Crippen molar-refractivity contribution in [1.29, 1.82) is 0 Å². The molecule has 1 nitrogen and oxygen atoms in total. The van der Waals surface area contributed by atoms with Crippen LogP contribution < -0.4 is 0 Å². The van der Waals surface area contributed by atoms with Crippen LogP contribution in [-0.4, -0.2) is 11.7 Å². The zero-order chi connectivity index (χ0) is 13.1. The molecule has 1 rings (SSSR count). The van der Waals surface area contributed by atoms with Gasteiger partial charge in [0.05, 0.1) is 0 Å². The molecule has 1 aliphatic carbocycles. The van der Waals surface area contributed by atoms with E-state index in [2.05, 4.69) is 40.7 Å². The zero-order valence-electron chi connectivity index (χ0n) is 12.3. The summed E-state index contributed by atoms with van der Waals surface area (Å²) in [6, 6.07) is 0. The molecule has 3 atom stereocenters. The van der Waals surface area contributed by atoms with Crippen molar-refractivity contribution in [1.82, 2.24) is 0 Å². The highest BCUT2D eigenvalue weighted by molar-refractivity contribution is 5.18. The van der Waals surface area contributed by atoms with E-state index in [9.17, 15) is 0 Å². The summed E-state index contributed by atoms with van der Waals surface area (Å²) >= 11 is 0. The van der Waals surface area contributed by atoms with Gasteiger partial charge in [0, 0.05) is 6.61 Å². The average Bonchev–Trinajstić information content (AvgIpc) is 2.51. The molecule has 0 aromatic heterocycles. The van der Waals surface area contributed by atoms with Gasteiger partial charge in [-0.05, 0) is 49.4 Å². The fourth-order valence-corrected chi connectivity index (χ4v) is 3.04. The summed E-state index contributed by atoms with van der Waals surface area (Å²) in [4.78, 5) is 0. The molecule has 1 aliphatic rings. The number of allylic oxidation sites excluding steroid dienone is 2. The Labute approximate surface area is 107 Å². The van der Waals surface area contributed by atoms with Gasteiger partial charge in [-0.25, -0.2) is 0 Å². The highest BCUT2D eigenvalue weighted by atomic mass is 16.3. The molecule has 0 spiro atoms. The van der Waals surface area contributed by atoms with Crippen molar-refractivity contribution in [2.75, 3.05) is 6.61 Å². The quantitative estimate of drug-likeness (QED) is 0.679. The van der Waals surface area contributed by atoms with Gasteiger partial charge in [-0.3, -0.25) is 0 Å². The van der Waals surface area contributed by atoms with E-state index in [0.717, 1.165) is 18.3 Å². The second-order valence-corrected chi connectivity index (χ2v) is 6.75. The summed E-state index contributed by atoms with van der Waals surface area (Å²) in [5.74, 6) is 2.03. The van der Waals surface area contributed by atoms with E-state index in [1.807, 2.05) is 0 Å². The van der Waals surface area contributed by atoms with Crippen LogP contribution in [0.1, 0.15) is 60.3 Å². The van der Waals surface area contributed by atoms with Crippen molar-refractivity contribution in [3.8, 4) is 0 Å². The molecule has 0 saturated carbocycles. The van der Waals surface area contributed by atoms with E-state index in [4.69, 9.17) is 5.11 Å². The van der Waals surface area contributed by atoms with Crippen LogP contribution in [0.5, 0.6) is 0 Å². The highest BCUT2D eigenvalue weighted by Crippen LogP contribution is 2.45. The average molecular weight is 238 g/mol. The SMILES string of the molecule is CC1=CC[C@H](CC[C@H](C)C[C@@H](C)CO)C1(C)C. The van der Waals surface area contributed by atoms with Gasteiger partial charge in [0.2, 0.25) is 0 Å². The van der Waals surface area contributed by atoms with E-state index in [1.165, 1.54) is 19.3 Å². The summed E-state index contributed by atoms with van der Waals surface area (Å²) in [7, 11) is 0. The molecular formula is C16H30O. The number of rotatable bonds is 6. The van der Waals surface area contributed by atoms with E-state index >= 15 is 0 Å². The van der Waals surface area contributed by atoms with E-state index in [1.54, 1.807) is 5.57 Å². The maximum absolute atomic E-state index is 9.07. The molecular weight excluding hydrogens is 208 g/mol. The predicted molar refractivity (Wildman–Crippen MR) is 74.9 cm³/mol. The topological polar surface area (TPSA) is 20.2 Å². The molecule has 0 aromatic carbocycles. The minimum Gasteiger partial charge on any atom is -0.396 e. The fraction of sp³-hybridized carbons (Fsp3) is 0.875. The molecule has 0 bridgehead atoms. The Balaban J connectivity index is 2.33. The van der Waals surface area contributed by atoms with Crippen molar-refractivity contribution in [2.45, 2.75) is 60.3 Å². The molecule has 0 fully saturated rings. The molecule has 0 amide bonds. The van der Waals surface area contributed by atoms with Gasteiger partial charge in [-0.1, -0.05) is 45.8 Å². The van der Waals surface area contributed by atoms with E-state index in [-0.39, 0.29) is 0 Å². The Hall–Kier alpha value is -0.300. The molecule has 0 aromatic rings. The zero-order valence-corrected chi connectivity index (χ0v) is 12.3. The summed E-state index contributed by atoms with van der Waals surface area (Å²) in [6.45, 7) is 11.8. The predicted octanol–water partition coefficient (Wildman–Crippen LogP) is 4.41. The van der Waals surface area contributed by atoms with Crippen LogP contribution in [0.4, 0.5) is 0 Å². The largest absolute Gasteiger partial charge is 0.396 e. The summed E-state index contributed by atoms with van der Waals surface area (Å²) in [5, 5.41) is 9.07. The first-order valence-electron chi connectivity index (χ1n) is 7.16. The van der Waals surface area contributed by atoms with Crippen LogP contribution in [0.25, 0.3) is 0 Å². The van der Waals surface area contributed by atoms with Crippen molar-refractivity contribution in [3.05, 3.63) is 11.6 Å². The molecule has 0 radical (unpaired) electrons. The fourth-order valence-electron chi connectivity index (χ4n) is 3.04. The Kier molecular flexibility index (Phi) is 5.24. The second kappa shape index (κ2) is 6.04. The first kappa shape index (κ1) is 14.8. The van der Waals surface area contributed by atoms with Crippen molar-refractivity contribution in [3.63, 3.8) is 0 Å². The lowest BCUT2D eigenvalue weighted by Gasteiger charge is -2.30. The van der Waals surface area contributed by atoms with E-state index < -0.39 is 0 Å². The van der Waals surface area contributed by atoms with Crippen LogP contribution >= 0.6 is 0 Å². The minimum absolute atomic E-state index is 0.333. The number of aliphatic hydroxyl groups is 1. The first-order valence-corrected chi connectivity index (χ1v) is 7.16. The highest BCUT2D eigenvalue weighted by Gasteiger charge is 2.34. The molecule has 0 saturated heterocycles. The Morgan fingerprint density at radius 3 is 2.47 bits per heavy atom. The lowest BCUT2D eigenvalue weighted by Crippen LogP contribution is -2.21. The molecule has 17 heavy (non-hydrogen) atoms. The number of aliphatic hydroxyl groups excluding tert-OH is 1. The summed E-state index contributed by atoms with van der Waals surface area (Å²) < 4.78 is 0. The van der Waals surface area contributed by atoms with Gasteiger partial charge in [0.25, 0.3) is 0 Å². The third kappa shape index (κ3) is 3.84. The summed E-state index contributed by atoms with van der Waals surface area (Å²) in [5.41, 5.74) is 1.97. The monoisotopic (exact) mass is 238 g/mol. The molecule has 100 valence electrons. The number of hydrogen-bond donors (Lipinski definition) is 1. The standard InChI is InChI=1S/C16H30O/c1-12(10-13(2)11-17)6-8-15-9-7-14(3)16(15,4)5/h7,12-13,15,17H,6,8-11H2,1-5H3/t12-,13+,15-/m0/s1. The molecule has 0 heterocycles. The van der Waals surface area contributed by atoms with Crippen molar-refractivity contribution < 1.29 is 5.11 Å². The van der Waals surface area contributed by atoms with Crippen LogP contribution in [0.2, 0.25) is 0 Å². The Morgan fingerprint density at radius 2 is 2.00 bits per heavy atom. The minimum atomic E-state index is 0.333. The van der Waals surface area contributed by atoms with Crippen LogP contribution in [0.3, 0.4) is 0 Å². The van der Waals surface area contributed by atoms with Crippen LogP contribution in [0.15, 0.2) is 11.6 Å². The van der Waals surface area contributed by atoms with Crippen molar-refractivity contribution in [2.24, 2.45) is 23.2 Å². The van der Waals surface area contributed by atoms with Gasteiger partial charge in [0.1, 0.15) is 0 Å². The summed E-state index contributed by atoms with van der Waals surface area (Å²) in [6.07, 6.45) is 7.49. The van der Waals surface area contributed by atoms with Crippen LogP contribution in [0, 0.1) is 23.2 Å². The third-order valence-electron chi connectivity index (χ3n) is 4.87. The smallest absolute Gasteiger partial charge is 0.0456 e. The molecule has 1 N–H and O–H groups in total. The first-order chi connectivity index (χ1) is 7.87. The van der Waals surface area contributed by atoms with Gasteiger partial charge < -0.3 is 5.11 Å². The van der Waals surface area contributed by atoms with Gasteiger partial charge in [-0.15, -0.1) is 0 Å². The lowest BCUT2D eigenvalue weighted by atomic mass is 9.74. The second-order valence-electron chi connectivity index (χ2n) is 6.75. The lowest BCUT2D eigenvalue weighted by molar-refractivity contribution is 0.202. The van der Waals surface area contributed by atoms with Crippen LogP contribution in [-0.2, 0) is 0 Å². The number of hydrogen-bond acceptors (Lipinski definition) is 1. The maximum Gasteiger partial charge on any atom is 0.0456 e. The Morgan fingerprint density at radius 1 is 1.35 bits per heavy atom. The molecule has 0 unspecified atom stereocenters. The maximum atomic E-state index is 9.07. The van der Waals surface area contributed by atoms with Gasteiger partial charge in [0.15, 0.2) is 0 Å². The van der Waals surface area contributed by atoms with Gasteiger partial charge in [-0.2, -0.15) is 0 Å². The van der Waals surface area contributed by atoms with E-state index in [0.29, 0.717) is 17.9 Å². The van der Waals surface area contributed by atoms with Gasteiger partial charge >= 0.3 is 0 Å². The molecule has 1 heteroatoms. The third-order valence-corrected chi connectivity index (χ3v) is 4.87. The normalized spacial score (nSPS) is 26.7.